The van der Waals surface area contributed by atoms with Crippen molar-refractivity contribution < 1.29 is 9.59 Å². The lowest BCUT2D eigenvalue weighted by Gasteiger charge is -2.07. The van der Waals surface area contributed by atoms with E-state index in [1.165, 1.54) is 6.92 Å². The molecule has 0 aliphatic heterocycles. The first-order valence-electron chi connectivity index (χ1n) is 2.97. The third-order valence-corrected chi connectivity index (χ3v) is 1.23. The second-order valence-corrected chi connectivity index (χ2v) is 2.45. The van der Waals surface area contributed by atoms with E-state index in [1.807, 2.05) is 13.8 Å². The monoisotopic (exact) mass is 127 g/mol. The summed E-state index contributed by atoms with van der Waals surface area (Å²) in [6, 6.07) is 0. The summed E-state index contributed by atoms with van der Waals surface area (Å²) in [7, 11) is 0. The van der Waals surface area contributed by atoms with Crippen LogP contribution in [0.15, 0.2) is 0 Å². The quantitative estimate of drug-likeness (QED) is 0.529. The van der Waals surface area contributed by atoms with Crippen LogP contribution in [-0.4, -0.2) is 12.1 Å². The molecule has 0 aromatic rings. The normalized spacial score (nSPS) is 13.3. The highest BCUT2D eigenvalue weighted by Crippen LogP contribution is 2.07. The van der Waals surface area contributed by atoms with Gasteiger partial charge in [0.1, 0.15) is 5.78 Å². The van der Waals surface area contributed by atoms with Crippen LogP contribution in [0, 0.1) is 11.8 Å². The van der Waals surface area contributed by atoms with E-state index < -0.39 is 5.92 Å². The van der Waals surface area contributed by atoms with Crippen LogP contribution >= 0.6 is 0 Å². The topological polar surface area (TPSA) is 34.1 Å². The first kappa shape index (κ1) is 8.34. The van der Waals surface area contributed by atoms with Crippen LogP contribution in [0.1, 0.15) is 20.8 Å². The molecule has 0 N–H and O–H groups in total. The SMILES string of the molecule is CC(=O)C([C]=O)C(C)C. The summed E-state index contributed by atoms with van der Waals surface area (Å²) >= 11 is 0. The zero-order valence-electron chi connectivity index (χ0n) is 5.97. The number of rotatable bonds is 3. The molecule has 51 valence electrons. The second kappa shape index (κ2) is 3.38. The average Bonchev–Trinajstić information content (AvgIpc) is 1.64. The van der Waals surface area contributed by atoms with E-state index in [4.69, 9.17) is 0 Å². The molecular formula is C7H11O2. The van der Waals surface area contributed by atoms with E-state index in [1.54, 1.807) is 6.29 Å². The van der Waals surface area contributed by atoms with Gasteiger partial charge in [0.2, 0.25) is 6.29 Å². The number of Topliss-reactive ketones (excluding diaryl/α,β-unsaturated/α-hetero) is 1. The Kier molecular flexibility index (Phi) is 3.13. The highest BCUT2D eigenvalue weighted by atomic mass is 16.1. The molecule has 0 rings (SSSR count). The number of ketones is 1. The molecule has 9 heavy (non-hydrogen) atoms. The molecule has 0 heterocycles. The highest BCUT2D eigenvalue weighted by molar-refractivity contribution is 5.91. The van der Waals surface area contributed by atoms with Crippen molar-refractivity contribution in [3.8, 4) is 0 Å². The molecule has 1 unspecified atom stereocenters. The van der Waals surface area contributed by atoms with Crippen molar-refractivity contribution in [2.24, 2.45) is 11.8 Å². The van der Waals surface area contributed by atoms with Crippen molar-refractivity contribution in [2.45, 2.75) is 20.8 Å². The van der Waals surface area contributed by atoms with Gasteiger partial charge in [-0.3, -0.25) is 9.59 Å². The molecule has 0 aliphatic rings. The summed E-state index contributed by atoms with van der Waals surface area (Å²) < 4.78 is 0. The van der Waals surface area contributed by atoms with Crippen molar-refractivity contribution in [3.63, 3.8) is 0 Å². The van der Waals surface area contributed by atoms with Crippen LogP contribution in [0.2, 0.25) is 0 Å². The van der Waals surface area contributed by atoms with Crippen molar-refractivity contribution in [1.82, 2.24) is 0 Å². The van der Waals surface area contributed by atoms with Gasteiger partial charge in [-0.1, -0.05) is 13.8 Å². The molecule has 2 nitrogen and oxygen atoms in total. The van der Waals surface area contributed by atoms with Gasteiger partial charge < -0.3 is 0 Å². The Bertz CT molecular complexity index is 116. The molecular weight excluding hydrogens is 116 g/mol. The predicted molar refractivity (Wildman–Crippen MR) is 34.7 cm³/mol. The summed E-state index contributed by atoms with van der Waals surface area (Å²) in [6.07, 6.45) is 1.70. The molecule has 1 atom stereocenters. The van der Waals surface area contributed by atoms with E-state index in [0.717, 1.165) is 0 Å². The van der Waals surface area contributed by atoms with Gasteiger partial charge in [0.25, 0.3) is 0 Å². The fourth-order valence-electron chi connectivity index (χ4n) is 0.688. The van der Waals surface area contributed by atoms with Crippen LogP contribution in [0.3, 0.4) is 0 Å². The summed E-state index contributed by atoms with van der Waals surface area (Å²) in [4.78, 5) is 20.6. The lowest BCUT2D eigenvalue weighted by molar-refractivity contribution is -0.119. The Morgan fingerprint density at radius 1 is 1.44 bits per heavy atom. The van der Waals surface area contributed by atoms with Crippen LogP contribution in [0.4, 0.5) is 0 Å². The first-order valence-corrected chi connectivity index (χ1v) is 2.97. The van der Waals surface area contributed by atoms with Gasteiger partial charge in [-0.25, -0.2) is 0 Å². The van der Waals surface area contributed by atoms with Gasteiger partial charge >= 0.3 is 0 Å². The standard InChI is InChI=1S/C7H11O2/c1-5(2)7(4-8)6(3)9/h5,7H,1-3H3. The van der Waals surface area contributed by atoms with Crippen molar-refractivity contribution in [1.29, 1.82) is 0 Å². The highest BCUT2D eigenvalue weighted by Gasteiger charge is 2.17. The molecule has 0 amide bonds. The number of carbonyl (C=O) groups excluding carboxylic acids is 2. The third-order valence-electron chi connectivity index (χ3n) is 1.23. The fraction of sp³-hybridized carbons (Fsp3) is 0.714. The van der Waals surface area contributed by atoms with Gasteiger partial charge in [0.05, 0.1) is 5.92 Å². The van der Waals surface area contributed by atoms with Gasteiger partial charge in [-0.05, 0) is 12.8 Å². The minimum atomic E-state index is -0.523. The molecule has 0 aromatic carbocycles. The molecule has 0 aliphatic carbocycles. The van der Waals surface area contributed by atoms with Crippen molar-refractivity contribution >= 4 is 12.1 Å². The fourth-order valence-corrected chi connectivity index (χ4v) is 0.688. The Morgan fingerprint density at radius 3 is 1.89 bits per heavy atom. The third kappa shape index (κ3) is 2.40. The van der Waals surface area contributed by atoms with Crippen LogP contribution in [0.25, 0.3) is 0 Å². The Labute approximate surface area is 55.3 Å². The minimum absolute atomic E-state index is 0.0833. The molecule has 0 spiro atoms. The van der Waals surface area contributed by atoms with E-state index in [-0.39, 0.29) is 11.7 Å². The van der Waals surface area contributed by atoms with Crippen molar-refractivity contribution in [3.05, 3.63) is 0 Å². The lowest BCUT2D eigenvalue weighted by Crippen LogP contribution is -2.18. The number of carbonyl (C=O) groups is 1. The Balaban J connectivity index is 3.98. The number of hydrogen-bond acceptors (Lipinski definition) is 2. The summed E-state index contributed by atoms with van der Waals surface area (Å²) in [6.45, 7) is 5.07. The maximum atomic E-state index is 10.6. The maximum absolute atomic E-state index is 10.6. The molecule has 2 heteroatoms. The summed E-state index contributed by atoms with van der Waals surface area (Å²) in [5.41, 5.74) is 0. The van der Waals surface area contributed by atoms with E-state index >= 15 is 0 Å². The summed E-state index contributed by atoms with van der Waals surface area (Å²) in [5.74, 6) is -0.537. The summed E-state index contributed by atoms with van der Waals surface area (Å²) in [5, 5.41) is 0. The molecule has 0 saturated heterocycles. The molecule has 0 saturated carbocycles. The van der Waals surface area contributed by atoms with Gasteiger partial charge in [-0.15, -0.1) is 0 Å². The first-order chi connectivity index (χ1) is 4.09. The van der Waals surface area contributed by atoms with Crippen LogP contribution in [0.5, 0.6) is 0 Å². The number of hydrogen-bond donors (Lipinski definition) is 0. The Hall–Kier alpha value is -0.660. The lowest BCUT2D eigenvalue weighted by atomic mass is 9.94. The Morgan fingerprint density at radius 2 is 1.89 bits per heavy atom. The molecule has 1 radical (unpaired) electrons. The second-order valence-electron chi connectivity index (χ2n) is 2.45. The van der Waals surface area contributed by atoms with Gasteiger partial charge in [0.15, 0.2) is 0 Å². The van der Waals surface area contributed by atoms with Crippen LogP contribution in [-0.2, 0) is 9.59 Å². The van der Waals surface area contributed by atoms with E-state index in [9.17, 15) is 9.59 Å². The maximum Gasteiger partial charge on any atom is 0.209 e. The van der Waals surface area contributed by atoms with Crippen LogP contribution < -0.4 is 0 Å². The molecule has 0 bridgehead atoms. The van der Waals surface area contributed by atoms with Crippen molar-refractivity contribution in [2.75, 3.05) is 0 Å². The molecule has 0 aromatic heterocycles. The van der Waals surface area contributed by atoms with E-state index in [2.05, 4.69) is 0 Å². The minimum Gasteiger partial charge on any atom is -0.299 e. The van der Waals surface area contributed by atoms with Gasteiger partial charge in [-0.2, -0.15) is 0 Å². The zero-order chi connectivity index (χ0) is 7.44. The smallest absolute Gasteiger partial charge is 0.209 e. The molecule has 0 fully saturated rings. The average molecular weight is 127 g/mol. The van der Waals surface area contributed by atoms with E-state index in [0.29, 0.717) is 0 Å². The largest absolute Gasteiger partial charge is 0.299 e. The predicted octanol–water partition coefficient (Wildman–Crippen LogP) is 0.957. The van der Waals surface area contributed by atoms with Gasteiger partial charge in [0, 0.05) is 0 Å². The zero-order valence-corrected chi connectivity index (χ0v) is 5.97.